The Morgan fingerprint density at radius 2 is 2.33 bits per heavy atom. The van der Waals surface area contributed by atoms with Gasteiger partial charge in [0.05, 0.1) is 13.2 Å². The van der Waals surface area contributed by atoms with Crippen molar-refractivity contribution in [2.24, 2.45) is 0 Å². The number of benzene rings is 1. The number of morpholine rings is 1. The molecule has 0 aromatic heterocycles. The minimum atomic E-state index is 0.469. The molecule has 0 radical (unpaired) electrons. The largest absolute Gasteiger partial charge is 0.508 e. The van der Waals surface area contributed by atoms with Gasteiger partial charge in [0.2, 0.25) is 0 Å². The van der Waals surface area contributed by atoms with Gasteiger partial charge in [-0.25, -0.2) is 0 Å². The summed E-state index contributed by atoms with van der Waals surface area (Å²) in [7, 11) is 0. The van der Waals surface area contributed by atoms with Crippen LogP contribution in [0.25, 0.3) is 0 Å². The first-order valence-electron chi connectivity index (χ1n) is 6.95. The minimum Gasteiger partial charge on any atom is -0.508 e. The quantitative estimate of drug-likeness (QED) is 0.871. The molecule has 2 aliphatic rings. The predicted octanol–water partition coefficient (Wildman–Crippen LogP) is 2.49. The second-order valence-electron chi connectivity index (χ2n) is 5.27. The molecule has 1 saturated heterocycles. The van der Waals surface area contributed by atoms with E-state index in [0.29, 0.717) is 17.8 Å². The molecule has 2 unspecified atom stereocenters. The van der Waals surface area contributed by atoms with Crippen molar-refractivity contribution in [1.29, 1.82) is 0 Å². The molecule has 1 N–H and O–H groups in total. The normalized spacial score (nSPS) is 28.3. The van der Waals surface area contributed by atoms with Crippen molar-refractivity contribution in [3.05, 3.63) is 29.3 Å². The monoisotopic (exact) mass is 247 g/mol. The number of hydrogen-bond donors (Lipinski definition) is 1. The van der Waals surface area contributed by atoms with Crippen molar-refractivity contribution in [1.82, 2.24) is 4.90 Å². The Kier molecular flexibility index (Phi) is 3.27. The van der Waals surface area contributed by atoms with E-state index in [0.717, 1.165) is 44.6 Å². The van der Waals surface area contributed by atoms with E-state index in [1.165, 1.54) is 5.56 Å². The van der Waals surface area contributed by atoms with Crippen molar-refractivity contribution in [3.8, 4) is 5.75 Å². The molecular formula is C15H21NO2. The zero-order valence-corrected chi connectivity index (χ0v) is 10.9. The van der Waals surface area contributed by atoms with E-state index in [1.807, 2.05) is 6.07 Å². The highest BCUT2D eigenvalue weighted by Gasteiger charge is 2.34. The zero-order chi connectivity index (χ0) is 12.5. The van der Waals surface area contributed by atoms with E-state index >= 15 is 0 Å². The molecule has 1 fully saturated rings. The van der Waals surface area contributed by atoms with Gasteiger partial charge in [-0.2, -0.15) is 0 Å². The van der Waals surface area contributed by atoms with Gasteiger partial charge in [-0.3, -0.25) is 4.90 Å². The van der Waals surface area contributed by atoms with Crippen LogP contribution in [0.2, 0.25) is 0 Å². The van der Waals surface area contributed by atoms with E-state index < -0.39 is 0 Å². The van der Waals surface area contributed by atoms with Gasteiger partial charge in [0.1, 0.15) is 5.75 Å². The Labute approximate surface area is 108 Å². The number of ether oxygens (including phenoxy) is 1. The summed E-state index contributed by atoms with van der Waals surface area (Å²) in [5, 5.41) is 9.93. The van der Waals surface area contributed by atoms with E-state index in [1.54, 1.807) is 6.07 Å². The number of rotatable bonds is 2. The topological polar surface area (TPSA) is 32.7 Å². The molecule has 0 saturated carbocycles. The van der Waals surface area contributed by atoms with E-state index in [4.69, 9.17) is 4.74 Å². The smallest absolute Gasteiger partial charge is 0.119 e. The van der Waals surface area contributed by atoms with Gasteiger partial charge in [0.15, 0.2) is 0 Å². The summed E-state index contributed by atoms with van der Waals surface area (Å²) in [5.74, 6) is 0.469. The zero-order valence-electron chi connectivity index (χ0n) is 10.9. The van der Waals surface area contributed by atoms with Crippen LogP contribution in [0.4, 0.5) is 0 Å². The molecule has 0 spiro atoms. The Hall–Kier alpha value is -1.06. The number of hydrogen-bond acceptors (Lipinski definition) is 3. The lowest BCUT2D eigenvalue weighted by atomic mass is 10.0. The second kappa shape index (κ2) is 4.90. The van der Waals surface area contributed by atoms with Crippen LogP contribution in [0, 0.1) is 0 Å². The third-order valence-corrected chi connectivity index (χ3v) is 4.36. The van der Waals surface area contributed by atoms with Crippen LogP contribution in [-0.4, -0.2) is 35.8 Å². The molecule has 1 aliphatic carbocycles. The number of fused-ring (bicyclic) bond motifs is 1. The van der Waals surface area contributed by atoms with Crippen LogP contribution >= 0.6 is 0 Å². The van der Waals surface area contributed by atoms with Crippen molar-refractivity contribution in [2.45, 2.75) is 38.3 Å². The Bertz CT molecular complexity index is 433. The van der Waals surface area contributed by atoms with Crippen molar-refractivity contribution >= 4 is 0 Å². The van der Waals surface area contributed by atoms with Crippen LogP contribution in [0.3, 0.4) is 0 Å². The van der Waals surface area contributed by atoms with Crippen molar-refractivity contribution in [3.63, 3.8) is 0 Å². The summed E-state index contributed by atoms with van der Waals surface area (Å²) < 4.78 is 5.58. The molecule has 18 heavy (non-hydrogen) atoms. The molecule has 1 aliphatic heterocycles. The van der Waals surface area contributed by atoms with Crippen LogP contribution in [-0.2, 0) is 11.2 Å². The van der Waals surface area contributed by atoms with Gasteiger partial charge in [-0.05, 0) is 36.5 Å². The van der Waals surface area contributed by atoms with Gasteiger partial charge in [0.25, 0.3) is 0 Å². The van der Waals surface area contributed by atoms with Crippen LogP contribution in [0.5, 0.6) is 5.75 Å². The lowest BCUT2D eigenvalue weighted by Crippen LogP contribution is -2.46. The van der Waals surface area contributed by atoms with Crippen LogP contribution in [0.15, 0.2) is 18.2 Å². The van der Waals surface area contributed by atoms with E-state index in [2.05, 4.69) is 17.9 Å². The molecule has 98 valence electrons. The Morgan fingerprint density at radius 1 is 1.44 bits per heavy atom. The highest BCUT2D eigenvalue weighted by molar-refractivity contribution is 5.44. The fraction of sp³-hybridized carbons (Fsp3) is 0.600. The first kappa shape index (κ1) is 12.0. The minimum absolute atomic E-state index is 0.469. The van der Waals surface area contributed by atoms with Gasteiger partial charge in [0, 0.05) is 18.6 Å². The maximum absolute atomic E-state index is 9.93. The Morgan fingerprint density at radius 3 is 3.17 bits per heavy atom. The number of aromatic hydroxyl groups is 1. The summed E-state index contributed by atoms with van der Waals surface area (Å²) >= 11 is 0. The number of phenolic OH excluding ortho intramolecular Hbond substituents is 1. The molecule has 3 heteroatoms. The van der Waals surface area contributed by atoms with Crippen LogP contribution < -0.4 is 0 Å². The standard InChI is InChI=1S/C15H21NO2/c1-2-11-10-18-9-8-16(11)14-7-6-13-12(14)4-3-5-15(13)17/h3-5,11,14,17H,2,6-10H2,1H3. The average molecular weight is 247 g/mol. The molecule has 2 atom stereocenters. The molecule has 3 nitrogen and oxygen atoms in total. The summed E-state index contributed by atoms with van der Waals surface area (Å²) in [6.45, 7) is 4.92. The molecule has 0 amide bonds. The average Bonchev–Trinajstić information content (AvgIpc) is 2.84. The summed E-state index contributed by atoms with van der Waals surface area (Å²) in [6.07, 6.45) is 3.26. The first-order valence-corrected chi connectivity index (χ1v) is 6.95. The molecular weight excluding hydrogens is 226 g/mol. The SMILES string of the molecule is CCC1COCCN1C1CCc2c(O)cccc21. The highest BCUT2D eigenvalue weighted by Crippen LogP contribution is 2.41. The van der Waals surface area contributed by atoms with Crippen molar-refractivity contribution < 1.29 is 9.84 Å². The Balaban J connectivity index is 1.89. The predicted molar refractivity (Wildman–Crippen MR) is 70.8 cm³/mol. The lowest BCUT2D eigenvalue weighted by Gasteiger charge is -2.39. The number of phenols is 1. The fourth-order valence-electron chi connectivity index (χ4n) is 3.39. The second-order valence-corrected chi connectivity index (χ2v) is 5.27. The van der Waals surface area contributed by atoms with Gasteiger partial charge < -0.3 is 9.84 Å². The van der Waals surface area contributed by atoms with E-state index in [9.17, 15) is 5.11 Å². The highest BCUT2D eigenvalue weighted by atomic mass is 16.5. The van der Waals surface area contributed by atoms with E-state index in [-0.39, 0.29) is 0 Å². The molecule has 0 bridgehead atoms. The summed E-state index contributed by atoms with van der Waals surface area (Å²) in [5.41, 5.74) is 2.49. The van der Waals surface area contributed by atoms with Crippen molar-refractivity contribution in [2.75, 3.05) is 19.8 Å². The maximum atomic E-state index is 9.93. The van der Waals surface area contributed by atoms with Gasteiger partial charge in [-0.1, -0.05) is 19.1 Å². The third-order valence-electron chi connectivity index (χ3n) is 4.36. The molecule has 3 rings (SSSR count). The first-order chi connectivity index (χ1) is 8.81. The maximum Gasteiger partial charge on any atom is 0.119 e. The summed E-state index contributed by atoms with van der Waals surface area (Å²) in [4.78, 5) is 2.58. The van der Waals surface area contributed by atoms with Gasteiger partial charge >= 0.3 is 0 Å². The lowest BCUT2D eigenvalue weighted by molar-refractivity contribution is -0.0305. The van der Waals surface area contributed by atoms with Gasteiger partial charge in [-0.15, -0.1) is 0 Å². The molecule has 1 aromatic rings. The third kappa shape index (κ3) is 1.91. The summed E-state index contributed by atoms with van der Waals surface area (Å²) in [6, 6.07) is 6.94. The van der Waals surface area contributed by atoms with Crippen LogP contribution in [0.1, 0.15) is 36.9 Å². The molecule has 1 aromatic carbocycles. The number of nitrogens with zero attached hydrogens (tertiary/aromatic N) is 1. The molecule has 1 heterocycles. The fourth-order valence-corrected chi connectivity index (χ4v) is 3.39.